The summed E-state index contributed by atoms with van der Waals surface area (Å²) in [5.41, 5.74) is 2.98. The van der Waals surface area contributed by atoms with Crippen LogP contribution in [0.5, 0.6) is 0 Å². The minimum absolute atomic E-state index is 0.0512. The van der Waals surface area contributed by atoms with Gasteiger partial charge in [-0.25, -0.2) is 0 Å². The van der Waals surface area contributed by atoms with Crippen molar-refractivity contribution in [3.8, 4) is 0 Å². The van der Waals surface area contributed by atoms with Gasteiger partial charge in [-0.05, 0) is 58.2 Å². The van der Waals surface area contributed by atoms with Crippen LogP contribution in [-0.2, 0) is 4.79 Å². The van der Waals surface area contributed by atoms with Crippen LogP contribution in [0.2, 0.25) is 0 Å². The van der Waals surface area contributed by atoms with E-state index in [-0.39, 0.29) is 18.5 Å². The number of anilines is 1. The van der Waals surface area contributed by atoms with E-state index in [9.17, 15) is 9.59 Å². The number of carbonyl (C=O) groups is 2. The zero-order valence-electron chi connectivity index (χ0n) is 16.5. The topological polar surface area (TPSA) is 64.1 Å². The number of benzene rings is 1. The molecule has 1 N–H and O–H groups in total. The van der Waals surface area contributed by atoms with E-state index in [4.69, 9.17) is 5.11 Å². The Kier molecular flexibility index (Phi) is 6.37. The first-order chi connectivity index (χ1) is 13.0. The van der Waals surface area contributed by atoms with Crippen molar-refractivity contribution in [1.29, 1.82) is 0 Å². The number of hydrogen-bond donors (Lipinski definition) is 1. The molecule has 0 aliphatic carbocycles. The fraction of sp³-hybridized carbons (Fsp3) is 0.619. The second-order valence-electron chi connectivity index (χ2n) is 7.90. The fourth-order valence-electron chi connectivity index (χ4n) is 4.29. The van der Waals surface area contributed by atoms with Gasteiger partial charge in [-0.15, -0.1) is 0 Å². The third-order valence-electron chi connectivity index (χ3n) is 5.82. The molecule has 1 amide bonds. The minimum Gasteiger partial charge on any atom is -0.480 e. The average molecular weight is 373 g/mol. The molecule has 0 aromatic heterocycles. The Morgan fingerprint density at radius 3 is 2.56 bits per heavy atom. The van der Waals surface area contributed by atoms with E-state index < -0.39 is 5.97 Å². The molecule has 0 bridgehead atoms. The lowest BCUT2D eigenvalue weighted by molar-refractivity contribution is -0.138. The molecule has 1 aromatic rings. The molecule has 0 saturated carbocycles. The number of hydrogen-bond acceptors (Lipinski definition) is 4. The zero-order chi connectivity index (χ0) is 19.4. The molecule has 2 aliphatic heterocycles. The van der Waals surface area contributed by atoms with E-state index >= 15 is 0 Å². The Balaban J connectivity index is 1.72. The monoisotopic (exact) mass is 373 g/mol. The molecule has 27 heavy (non-hydrogen) atoms. The van der Waals surface area contributed by atoms with Crippen LogP contribution in [0, 0.1) is 6.92 Å². The van der Waals surface area contributed by atoms with Gasteiger partial charge in [0.2, 0.25) is 0 Å². The SMILES string of the molecule is Cc1ccc(N2CCCC2)c(C(=O)N2CCCC(N(C)CC(=O)O)CC2)c1. The summed E-state index contributed by atoms with van der Waals surface area (Å²) in [6.45, 7) is 5.54. The number of carboxylic acids is 1. The van der Waals surface area contributed by atoms with Crippen LogP contribution in [-0.4, -0.2) is 72.6 Å². The lowest BCUT2D eigenvalue weighted by atomic mass is 10.1. The maximum Gasteiger partial charge on any atom is 0.317 e. The van der Waals surface area contributed by atoms with Crippen molar-refractivity contribution in [2.75, 3.05) is 44.7 Å². The van der Waals surface area contributed by atoms with Crippen LogP contribution in [0.3, 0.4) is 0 Å². The zero-order valence-corrected chi connectivity index (χ0v) is 16.5. The first-order valence-corrected chi connectivity index (χ1v) is 10.0. The summed E-state index contributed by atoms with van der Waals surface area (Å²) in [7, 11) is 1.86. The maximum atomic E-state index is 13.3. The molecule has 1 atom stereocenters. The molecule has 6 heteroatoms. The van der Waals surface area contributed by atoms with Crippen molar-refractivity contribution in [3.63, 3.8) is 0 Å². The van der Waals surface area contributed by atoms with Gasteiger partial charge >= 0.3 is 5.97 Å². The normalized spacial score (nSPS) is 20.8. The van der Waals surface area contributed by atoms with Gasteiger partial charge in [-0.2, -0.15) is 0 Å². The molecule has 2 fully saturated rings. The summed E-state index contributed by atoms with van der Waals surface area (Å²) >= 11 is 0. The predicted molar refractivity (Wildman–Crippen MR) is 106 cm³/mol. The average Bonchev–Trinajstić information content (AvgIpc) is 3.04. The van der Waals surface area contributed by atoms with Crippen molar-refractivity contribution in [2.24, 2.45) is 0 Å². The third kappa shape index (κ3) is 4.80. The van der Waals surface area contributed by atoms with Crippen LogP contribution < -0.4 is 4.90 Å². The van der Waals surface area contributed by atoms with Gasteiger partial charge in [0.05, 0.1) is 12.1 Å². The molecule has 1 aromatic carbocycles. The molecule has 6 nitrogen and oxygen atoms in total. The van der Waals surface area contributed by atoms with E-state index in [1.165, 1.54) is 12.8 Å². The summed E-state index contributed by atoms with van der Waals surface area (Å²) in [4.78, 5) is 30.5. The lowest BCUT2D eigenvalue weighted by Gasteiger charge is -2.27. The van der Waals surface area contributed by atoms with Gasteiger partial charge < -0.3 is 14.9 Å². The highest BCUT2D eigenvalue weighted by Crippen LogP contribution is 2.28. The van der Waals surface area contributed by atoms with E-state index in [1.54, 1.807) is 0 Å². The Bertz CT molecular complexity index is 685. The number of aliphatic carboxylic acids is 1. The smallest absolute Gasteiger partial charge is 0.317 e. The van der Waals surface area contributed by atoms with E-state index in [0.717, 1.165) is 55.7 Å². The number of likely N-dealkylation sites (N-methyl/N-ethyl adjacent to an activating group) is 1. The number of nitrogens with zero attached hydrogens (tertiary/aromatic N) is 3. The van der Waals surface area contributed by atoms with Crippen LogP contribution in [0.15, 0.2) is 18.2 Å². The van der Waals surface area contributed by atoms with Gasteiger partial charge in [-0.3, -0.25) is 14.5 Å². The Labute approximate surface area is 161 Å². The second kappa shape index (κ2) is 8.74. The summed E-state index contributed by atoms with van der Waals surface area (Å²) in [6, 6.07) is 6.42. The van der Waals surface area contributed by atoms with Crippen LogP contribution in [0.1, 0.15) is 48.0 Å². The Morgan fingerprint density at radius 2 is 1.85 bits per heavy atom. The van der Waals surface area contributed by atoms with Gasteiger partial charge in [0, 0.05) is 37.9 Å². The number of carboxylic acid groups (broad SMARTS) is 1. The maximum absolute atomic E-state index is 13.3. The van der Waals surface area contributed by atoms with Crippen LogP contribution in [0.4, 0.5) is 5.69 Å². The first kappa shape index (κ1) is 19.7. The van der Waals surface area contributed by atoms with E-state index in [1.807, 2.05) is 29.8 Å². The van der Waals surface area contributed by atoms with E-state index in [0.29, 0.717) is 6.54 Å². The summed E-state index contributed by atoms with van der Waals surface area (Å²) < 4.78 is 0. The molecular formula is C21H31N3O3. The van der Waals surface area contributed by atoms with E-state index in [2.05, 4.69) is 17.0 Å². The Hall–Kier alpha value is -2.08. The lowest BCUT2D eigenvalue weighted by Crippen LogP contribution is -2.37. The molecule has 1 unspecified atom stereocenters. The Morgan fingerprint density at radius 1 is 1.11 bits per heavy atom. The van der Waals surface area contributed by atoms with Crippen LogP contribution >= 0.6 is 0 Å². The molecule has 148 valence electrons. The first-order valence-electron chi connectivity index (χ1n) is 10.0. The van der Waals surface area contributed by atoms with Crippen molar-refractivity contribution < 1.29 is 14.7 Å². The molecule has 0 radical (unpaired) electrons. The van der Waals surface area contributed by atoms with Crippen molar-refractivity contribution in [3.05, 3.63) is 29.3 Å². The van der Waals surface area contributed by atoms with Crippen molar-refractivity contribution >= 4 is 17.6 Å². The molecule has 2 saturated heterocycles. The van der Waals surface area contributed by atoms with Crippen LogP contribution in [0.25, 0.3) is 0 Å². The quantitative estimate of drug-likeness (QED) is 0.860. The number of aryl methyl sites for hydroxylation is 1. The highest BCUT2D eigenvalue weighted by atomic mass is 16.4. The molecule has 2 heterocycles. The molecule has 0 spiro atoms. The van der Waals surface area contributed by atoms with Crippen molar-refractivity contribution in [2.45, 2.75) is 45.1 Å². The minimum atomic E-state index is -0.801. The summed E-state index contributed by atoms with van der Waals surface area (Å²) in [5.74, 6) is -0.688. The van der Waals surface area contributed by atoms with Gasteiger partial charge in [-0.1, -0.05) is 11.6 Å². The van der Waals surface area contributed by atoms with Gasteiger partial charge in [0.25, 0.3) is 5.91 Å². The summed E-state index contributed by atoms with van der Waals surface area (Å²) in [6.07, 6.45) is 5.03. The predicted octanol–water partition coefficient (Wildman–Crippen LogP) is 2.61. The fourth-order valence-corrected chi connectivity index (χ4v) is 4.29. The van der Waals surface area contributed by atoms with Gasteiger partial charge in [0.15, 0.2) is 0 Å². The highest BCUT2D eigenvalue weighted by Gasteiger charge is 2.27. The molecule has 2 aliphatic rings. The molecular weight excluding hydrogens is 342 g/mol. The largest absolute Gasteiger partial charge is 0.480 e. The number of rotatable bonds is 5. The molecule has 3 rings (SSSR count). The highest BCUT2D eigenvalue weighted by molar-refractivity contribution is 6.00. The van der Waals surface area contributed by atoms with Gasteiger partial charge in [0.1, 0.15) is 0 Å². The third-order valence-corrected chi connectivity index (χ3v) is 5.82. The number of amides is 1. The summed E-state index contributed by atoms with van der Waals surface area (Å²) in [5, 5.41) is 9.02. The standard InChI is InChI=1S/C21H31N3O3/c1-16-7-8-19(23-10-3-4-11-23)18(14-16)21(27)24-12-5-6-17(9-13-24)22(2)15-20(25)26/h7-8,14,17H,3-6,9-13,15H2,1-2H3,(H,25,26). The number of carbonyl (C=O) groups excluding carboxylic acids is 1. The second-order valence-corrected chi connectivity index (χ2v) is 7.90. The number of likely N-dealkylation sites (tertiary alicyclic amines) is 1. The van der Waals surface area contributed by atoms with Crippen molar-refractivity contribution in [1.82, 2.24) is 9.80 Å².